The fourth-order valence-corrected chi connectivity index (χ4v) is 2.31. The molecule has 1 unspecified atom stereocenters. The maximum atomic E-state index is 11.0. The van der Waals surface area contributed by atoms with Gasteiger partial charge in [-0.2, -0.15) is 0 Å². The number of aromatic nitrogens is 2. The van der Waals surface area contributed by atoms with E-state index >= 15 is 0 Å². The molecule has 1 aromatic heterocycles. The average Bonchev–Trinajstić information content (AvgIpc) is 2.76. The third-order valence-electron chi connectivity index (χ3n) is 3.14. The summed E-state index contributed by atoms with van der Waals surface area (Å²) in [7, 11) is 0. The highest BCUT2D eigenvalue weighted by Crippen LogP contribution is 2.12. The number of nitrogens with one attached hydrogen (secondary N) is 1. The van der Waals surface area contributed by atoms with Crippen LogP contribution in [0.1, 0.15) is 31.8 Å². The van der Waals surface area contributed by atoms with Gasteiger partial charge in [0.2, 0.25) is 5.91 Å². The third-order valence-corrected chi connectivity index (χ3v) is 3.14. The molecule has 5 heteroatoms. The molecule has 1 fully saturated rings. The Morgan fingerprint density at radius 2 is 2.44 bits per heavy atom. The van der Waals surface area contributed by atoms with E-state index in [4.69, 9.17) is 0 Å². The van der Waals surface area contributed by atoms with Gasteiger partial charge in [-0.25, -0.2) is 9.97 Å². The molecule has 0 aromatic carbocycles. The summed E-state index contributed by atoms with van der Waals surface area (Å²) in [6, 6.07) is 2.25. The summed E-state index contributed by atoms with van der Waals surface area (Å²) in [4.78, 5) is 22.0. The first-order chi connectivity index (χ1) is 8.67. The lowest BCUT2D eigenvalue weighted by molar-refractivity contribution is -0.119. The number of hydrogen-bond acceptors (Lipinski definition) is 4. The Morgan fingerprint density at radius 3 is 3.17 bits per heavy atom. The number of nitrogens with zero attached hydrogens (tertiary/aromatic N) is 3. The monoisotopic (exact) mass is 248 g/mol. The summed E-state index contributed by atoms with van der Waals surface area (Å²) in [5, 5.41) is 2.97. The number of hydrogen-bond donors (Lipinski definition) is 1. The van der Waals surface area contributed by atoms with Gasteiger partial charge in [-0.15, -0.1) is 0 Å². The highest BCUT2D eigenvalue weighted by Gasteiger charge is 2.23. The number of carbonyl (C=O) groups is 1. The Bertz CT molecular complexity index is 421. The molecule has 1 aliphatic heterocycles. The zero-order chi connectivity index (χ0) is 13.0. The molecule has 1 aromatic rings. The second kappa shape index (κ2) is 5.91. The summed E-state index contributed by atoms with van der Waals surface area (Å²) in [5.41, 5.74) is 1.06. The predicted molar refractivity (Wildman–Crippen MR) is 68.9 cm³/mol. The van der Waals surface area contributed by atoms with Crippen molar-refractivity contribution in [2.45, 2.75) is 39.3 Å². The number of rotatable bonds is 4. The van der Waals surface area contributed by atoms with Crippen LogP contribution in [0.25, 0.3) is 0 Å². The summed E-state index contributed by atoms with van der Waals surface area (Å²) >= 11 is 0. The van der Waals surface area contributed by atoms with E-state index < -0.39 is 0 Å². The Hall–Kier alpha value is -1.49. The molecule has 0 saturated carbocycles. The lowest BCUT2D eigenvalue weighted by Crippen LogP contribution is -2.35. The first-order valence-corrected chi connectivity index (χ1v) is 6.47. The Kier molecular flexibility index (Phi) is 4.25. The normalized spacial score (nSPS) is 20.0. The van der Waals surface area contributed by atoms with Gasteiger partial charge in [0.05, 0.1) is 5.69 Å². The first-order valence-electron chi connectivity index (χ1n) is 6.47. The van der Waals surface area contributed by atoms with Gasteiger partial charge >= 0.3 is 0 Å². The van der Waals surface area contributed by atoms with Gasteiger partial charge in [-0.05, 0) is 12.5 Å². The van der Waals surface area contributed by atoms with Gasteiger partial charge in [-0.3, -0.25) is 9.69 Å². The lowest BCUT2D eigenvalue weighted by Gasteiger charge is -2.16. The van der Waals surface area contributed by atoms with Crippen LogP contribution in [-0.2, 0) is 17.8 Å². The maximum absolute atomic E-state index is 11.0. The summed E-state index contributed by atoms with van der Waals surface area (Å²) in [6.07, 6.45) is 3.70. The predicted octanol–water partition coefficient (Wildman–Crippen LogP) is 0.749. The highest BCUT2D eigenvalue weighted by atomic mass is 16.1. The Morgan fingerprint density at radius 1 is 1.61 bits per heavy atom. The molecule has 0 spiro atoms. The van der Waals surface area contributed by atoms with Crippen molar-refractivity contribution < 1.29 is 4.79 Å². The molecular formula is C13H20N4O. The van der Waals surface area contributed by atoms with Crippen molar-refractivity contribution in [2.24, 2.45) is 0 Å². The molecule has 18 heavy (non-hydrogen) atoms. The fourth-order valence-electron chi connectivity index (χ4n) is 2.31. The quantitative estimate of drug-likeness (QED) is 0.854. The van der Waals surface area contributed by atoms with Crippen LogP contribution in [0.15, 0.2) is 12.3 Å². The SMILES string of the molecule is CCc1nccc(CN2CCC(NC(C)=O)C2)n1. The number of aryl methyl sites for hydroxylation is 1. The molecule has 0 radical (unpaired) electrons. The molecule has 0 bridgehead atoms. The van der Waals surface area contributed by atoms with Gasteiger partial charge in [0, 0.05) is 45.2 Å². The number of carbonyl (C=O) groups excluding carboxylic acids is 1. The summed E-state index contributed by atoms with van der Waals surface area (Å²) < 4.78 is 0. The van der Waals surface area contributed by atoms with E-state index in [1.54, 1.807) is 6.92 Å². The third kappa shape index (κ3) is 3.50. The molecule has 98 valence electrons. The van der Waals surface area contributed by atoms with E-state index in [0.717, 1.165) is 44.0 Å². The van der Waals surface area contributed by atoms with E-state index in [1.807, 2.05) is 12.3 Å². The molecular weight excluding hydrogens is 228 g/mol. The van der Waals surface area contributed by atoms with Crippen LogP contribution in [0.4, 0.5) is 0 Å². The largest absolute Gasteiger partial charge is 0.352 e. The molecule has 1 saturated heterocycles. The van der Waals surface area contributed by atoms with E-state index in [9.17, 15) is 4.79 Å². The van der Waals surface area contributed by atoms with Crippen LogP contribution in [0.3, 0.4) is 0 Å². The van der Waals surface area contributed by atoms with Crippen molar-refractivity contribution in [1.29, 1.82) is 0 Å². The van der Waals surface area contributed by atoms with E-state index in [0.29, 0.717) is 0 Å². The molecule has 1 aliphatic rings. The van der Waals surface area contributed by atoms with Crippen molar-refractivity contribution in [2.75, 3.05) is 13.1 Å². The minimum atomic E-state index is 0.0529. The summed E-state index contributed by atoms with van der Waals surface area (Å²) in [5.74, 6) is 0.947. The van der Waals surface area contributed by atoms with Crippen molar-refractivity contribution in [3.05, 3.63) is 23.8 Å². The van der Waals surface area contributed by atoms with Gasteiger partial charge in [-0.1, -0.05) is 6.92 Å². The second-order valence-electron chi connectivity index (χ2n) is 4.74. The zero-order valence-corrected chi connectivity index (χ0v) is 11.0. The fraction of sp³-hybridized carbons (Fsp3) is 0.615. The van der Waals surface area contributed by atoms with E-state index in [-0.39, 0.29) is 11.9 Å². The molecule has 1 atom stereocenters. The maximum Gasteiger partial charge on any atom is 0.217 e. The topological polar surface area (TPSA) is 58.1 Å². The van der Waals surface area contributed by atoms with Crippen molar-refractivity contribution in [1.82, 2.24) is 20.2 Å². The first kappa shape index (κ1) is 13.0. The standard InChI is InChI=1S/C13H20N4O/c1-3-13-14-6-4-11(16-13)8-17-7-5-12(9-17)15-10(2)18/h4,6,12H,3,5,7-9H2,1-2H3,(H,15,18). The number of amides is 1. The Balaban J connectivity index is 1.88. The van der Waals surface area contributed by atoms with Crippen molar-refractivity contribution >= 4 is 5.91 Å². The van der Waals surface area contributed by atoms with Gasteiger partial charge < -0.3 is 5.32 Å². The van der Waals surface area contributed by atoms with Crippen LogP contribution in [-0.4, -0.2) is 39.9 Å². The van der Waals surface area contributed by atoms with Crippen molar-refractivity contribution in [3.8, 4) is 0 Å². The summed E-state index contributed by atoms with van der Waals surface area (Å²) in [6.45, 7) is 6.38. The van der Waals surface area contributed by atoms with Crippen LogP contribution in [0, 0.1) is 0 Å². The minimum Gasteiger partial charge on any atom is -0.352 e. The van der Waals surface area contributed by atoms with Crippen molar-refractivity contribution in [3.63, 3.8) is 0 Å². The molecule has 1 amide bonds. The lowest BCUT2D eigenvalue weighted by atomic mass is 10.2. The van der Waals surface area contributed by atoms with Crippen LogP contribution >= 0.6 is 0 Å². The highest BCUT2D eigenvalue weighted by molar-refractivity contribution is 5.73. The second-order valence-corrected chi connectivity index (χ2v) is 4.74. The number of likely N-dealkylation sites (tertiary alicyclic amines) is 1. The molecule has 2 rings (SSSR count). The minimum absolute atomic E-state index is 0.0529. The van der Waals surface area contributed by atoms with E-state index in [2.05, 4.69) is 27.1 Å². The average molecular weight is 248 g/mol. The Labute approximate surface area is 108 Å². The van der Waals surface area contributed by atoms with Crippen LogP contribution in [0.2, 0.25) is 0 Å². The molecule has 5 nitrogen and oxygen atoms in total. The van der Waals surface area contributed by atoms with Crippen LogP contribution < -0.4 is 5.32 Å². The molecule has 1 N–H and O–H groups in total. The smallest absolute Gasteiger partial charge is 0.217 e. The molecule has 2 heterocycles. The van der Waals surface area contributed by atoms with E-state index in [1.165, 1.54) is 0 Å². The van der Waals surface area contributed by atoms with Gasteiger partial charge in [0.15, 0.2) is 0 Å². The zero-order valence-electron chi connectivity index (χ0n) is 11.0. The molecule has 0 aliphatic carbocycles. The van der Waals surface area contributed by atoms with Gasteiger partial charge in [0.25, 0.3) is 0 Å². The van der Waals surface area contributed by atoms with Gasteiger partial charge in [0.1, 0.15) is 5.82 Å². The van der Waals surface area contributed by atoms with Crippen LogP contribution in [0.5, 0.6) is 0 Å².